The Morgan fingerprint density at radius 2 is 1.76 bits per heavy atom. The van der Waals surface area contributed by atoms with Crippen LogP contribution in [0.3, 0.4) is 0 Å². The fraction of sp³-hybridized carbons (Fsp3) is 0.143. The lowest BCUT2D eigenvalue weighted by molar-refractivity contribution is -0.386. The molecule has 3 aromatic rings. The molecular formula is C21H16F3N3O6. The van der Waals surface area contributed by atoms with Gasteiger partial charge in [0.1, 0.15) is 11.5 Å². The van der Waals surface area contributed by atoms with E-state index < -0.39 is 22.9 Å². The number of hydrogen-bond acceptors (Lipinski definition) is 7. The van der Waals surface area contributed by atoms with Crippen LogP contribution in [-0.2, 0) is 4.79 Å². The van der Waals surface area contributed by atoms with Crippen LogP contribution in [0.5, 0.6) is 11.5 Å². The maximum absolute atomic E-state index is 12.2. The van der Waals surface area contributed by atoms with Crippen molar-refractivity contribution in [3.05, 3.63) is 75.7 Å². The largest absolute Gasteiger partial charge is 0.573 e. The topological polar surface area (TPSA) is 117 Å². The Bertz CT molecular complexity index is 1160. The van der Waals surface area contributed by atoms with Gasteiger partial charge in [0.2, 0.25) is 5.76 Å². The van der Waals surface area contributed by atoms with Gasteiger partial charge in [-0.05, 0) is 55.0 Å². The van der Waals surface area contributed by atoms with E-state index in [1.807, 2.05) is 0 Å². The number of nitrogens with one attached hydrogen (secondary N) is 1. The van der Waals surface area contributed by atoms with E-state index in [9.17, 15) is 28.1 Å². The van der Waals surface area contributed by atoms with Gasteiger partial charge in [0.15, 0.2) is 12.3 Å². The van der Waals surface area contributed by atoms with Gasteiger partial charge in [-0.2, -0.15) is 0 Å². The van der Waals surface area contributed by atoms with E-state index >= 15 is 0 Å². The number of carbonyl (C=O) groups is 1. The Morgan fingerprint density at radius 1 is 1.12 bits per heavy atom. The Hall–Kier alpha value is -4.35. The summed E-state index contributed by atoms with van der Waals surface area (Å²) < 4.78 is 50.6. The Morgan fingerprint density at radius 3 is 2.36 bits per heavy atom. The summed E-state index contributed by atoms with van der Waals surface area (Å²) in [6.07, 6.45) is -1.78. The van der Waals surface area contributed by atoms with Crippen molar-refractivity contribution in [2.45, 2.75) is 13.3 Å². The molecule has 0 radical (unpaired) electrons. The molecule has 0 aliphatic rings. The van der Waals surface area contributed by atoms with E-state index in [0.29, 0.717) is 11.3 Å². The Labute approximate surface area is 184 Å². The van der Waals surface area contributed by atoms with Crippen LogP contribution in [0.1, 0.15) is 17.0 Å². The number of alkyl halides is 3. The second kappa shape index (κ2) is 9.85. The highest BCUT2D eigenvalue weighted by Gasteiger charge is 2.31. The minimum Gasteiger partial charge on any atom is -0.484 e. The van der Waals surface area contributed by atoms with E-state index in [-0.39, 0.29) is 29.4 Å². The minimum absolute atomic E-state index is 0.0208. The summed E-state index contributed by atoms with van der Waals surface area (Å²) in [5, 5.41) is 17.1. The van der Waals surface area contributed by atoms with Crippen LogP contribution in [-0.4, -0.2) is 29.0 Å². The quantitative estimate of drug-likeness (QED) is 0.370. The van der Waals surface area contributed by atoms with E-state index in [0.717, 1.165) is 12.1 Å². The van der Waals surface area contributed by atoms with Crippen LogP contribution < -0.4 is 14.8 Å². The molecule has 0 saturated heterocycles. The first-order valence-corrected chi connectivity index (χ1v) is 9.28. The molecule has 12 heteroatoms. The molecule has 0 aliphatic carbocycles. The fourth-order valence-corrected chi connectivity index (χ4v) is 2.65. The van der Waals surface area contributed by atoms with Crippen LogP contribution >= 0.6 is 0 Å². The molecule has 2 aromatic carbocycles. The van der Waals surface area contributed by atoms with E-state index in [1.54, 1.807) is 30.3 Å². The van der Waals surface area contributed by atoms with Crippen molar-refractivity contribution in [2.75, 3.05) is 11.9 Å². The number of halogens is 3. The molecule has 0 bridgehead atoms. The zero-order valence-electron chi connectivity index (χ0n) is 17.0. The van der Waals surface area contributed by atoms with Crippen molar-refractivity contribution in [1.82, 2.24) is 5.16 Å². The number of nitro groups is 1. The predicted molar refractivity (Wildman–Crippen MR) is 111 cm³/mol. The third-order valence-electron chi connectivity index (χ3n) is 4.09. The van der Waals surface area contributed by atoms with Crippen LogP contribution in [0, 0.1) is 17.0 Å². The molecular weight excluding hydrogens is 447 g/mol. The summed E-state index contributed by atoms with van der Waals surface area (Å²) in [4.78, 5) is 22.5. The number of nitrogens with zero attached hydrogens (tertiary/aromatic N) is 2. The molecule has 0 unspecified atom stereocenters. The summed E-state index contributed by atoms with van der Waals surface area (Å²) in [6.45, 7) is 1.14. The van der Waals surface area contributed by atoms with Gasteiger partial charge in [-0.1, -0.05) is 23.4 Å². The van der Waals surface area contributed by atoms with Gasteiger partial charge in [-0.3, -0.25) is 14.9 Å². The highest BCUT2D eigenvalue weighted by molar-refractivity contribution is 5.91. The molecule has 0 atom stereocenters. The van der Waals surface area contributed by atoms with Crippen LogP contribution in [0.25, 0.3) is 12.2 Å². The molecule has 1 aromatic heterocycles. The highest BCUT2D eigenvalue weighted by atomic mass is 19.4. The van der Waals surface area contributed by atoms with Crippen molar-refractivity contribution in [3.8, 4) is 11.5 Å². The molecule has 1 N–H and O–H groups in total. The van der Waals surface area contributed by atoms with E-state index in [1.165, 1.54) is 25.1 Å². The molecule has 172 valence electrons. The summed E-state index contributed by atoms with van der Waals surface area (Å²) in [6, 6.07) is 11.2. The minimum atomic E-state index is -4.79. The molecule has 1 amide bonds. The third-order valence-corrected chi connectivity index (χ3v) is 4.09. The zero-order valence-corrected chi connectivity index (χ0v) is 17.0. The second-order valence-electron chi connectivity index (χ2n) is 6.55. The Balaban J connectivity index is 1.51. The molecule has 1 heterocycles. The van der Waals surface area contributed by atoms with Crippen molar-refractivity contribution in [2.24, 2.45) is 0 Å². The first-order valence-electron chi connectivity index (χ1n) is 9.28. The molecule has 0 aliphatic heterocycles. The van der Waals surface area contributed by atoms with Crippen molar-refractivity contribution >= 4 is 29.4 Å². The van der Waals surface area contributed by atoms with E-state index in [2.05, 4.69) is 15.2 Å². The van der Waals surface area contributed by atoms with Gasteiger partial charge in [0.25, 0.3) is 5.91 Å². The maximum atomic E-state index is 12.2. The molecule has 0 spiro atoms. The van der Waals surface area contributed by atoms with Crippen LogP contribution in [0.2, 0.25) is 0 Å². The number of carbonyl (C=O) groups excluding carboxylic acids is 1. The number of aromatic nitrogens is 1. The normalized spacial score (nSPS) is 11.4. The number of rotatable bonds is 8. The van der Waals surface area contributed by atoms with Crippen LogP contribution in [0.15, 0.2) is 53.1 Å². The van der Waals surface area contributed by atoms with Crippen molar-refractivity contribution in [3.63, 3.8) is 0 Å². The van der Waals surface area contributed by atoms with Crippen molar-refractivity contribution < 1.29 is 36.9 Å². The average Bonchev–Trinajstić information content (AvgIpc) is 3.12. The average molecular weight is 463 g/mol. The lowest BCUT2D eigenvalue weighted by atomic mass is 10.2. The standard InChI is InChI=1S/C21H16F3N3O6/c1-13-20(27(29)30)18(33-26-13)11-4-14-2-7-16(8-3-14)31-12-19(28)25-15-5-9-17(10-6-15)32-21(22,23)24/h2-11H,12H2,1H3,(H,25,28)/b11-4+. The summed E-state index contributed by atoms with van der Waals surface area (Å²) in [5.74, 6) is -0.513. The fourth-order valence-electron chi connectivity index (χ4n) is 2.65. The number of amides is 1. The number of ether oxygens (including phenoxy) is 2. The number of anilines is 1. The number of aryl methyl sites for hydroxylation is 1. The maximum Gasteiger partial charge on any atom is 0.573 e. The molecule has 9 nitrogen and oxygen atoms in total. The van der Waals surface area contributed by atoms with Gasteiger partial charge in [-0.15, -0.1) is 13.2 Å². The lowest BCUT2D eigenvalue weighted by Gasteiger charge is -2.10. The lowest BCUT2D eigenvalue weighted by Crippen LogP contribution is -2.20. The smallest absolute Gasteiger partial charge is 0.484 e. The Kier molecular flexibility index (Phi) is 6.96. The molecule has 0 fully saturated rings. The predicted octanol–water partition coefficient (Wildman–Crippen LogP) is 4.98. The SMILES string of the molecule is Cc1noc(/C=C/c2ccc(OCC(=O)Nc3ccc(OC(F)(F)F)cc3)cc2)c1[N+](=O)[O-]. The number of benzene rings is 2. The van der Waals surface area contributed by atoms with Crippen LogP contribution in [0.4, 0.5) is 24.5 Å². The number of hydrogen-bond donors (Lipinski definition) is 1. The summed E-state index contributed by atoms with van der Waals surface area (Å²) in [7, 11) is 0. The van der Waals surface area contributed by atoms with Gasteiger partial charge in [-0.25, -0.2) is 0 Å². The molecule has 0 saturated carbocycles. The first-order chi connectivity index (χ1) is 15.6. The van der Waals surface area contributed by atoms with Crippen molar-refractivity contribution in [1.29, 1.82) is 0 Å². The third kappa shape index (κ3) is 6.82. The summed E-state index contributed by atoms with van der Waals surface area (Å²) >= 11 is 0. The first kappa shape index (κ1) is 23.3. The van der Waals surface area contributed by atoms with Gasteiger partial charge >= 0.3 is 12.0 Å². The van der Waals surface area contributed by atoms with E-state index in [4.69, 9.17) is 9.26 Å². The van der Waals surface area contributed by atoms with Gasteiger partial charge < -0.3 is 19.3 Å². The van der Waals surface area contributed by atoms with Gasteiger partial charge in [0.05, 0.1) is 4.92 Å². The second-order valence-corrected chi connectivity index (χ2v) is 6.55. The molecule has 3 rings (SSSR count). The summed E-state index contributed by atoms with van der Waals surface area (Å²) in [5.41, 5.74) is 0.929. The van der Waals surface area contributed by atoms with Gasteiger partial charge in [0, 0.05) is 5.69 Å². The highest BCUT2D eigenvalue weighted by Crippen LogP contribution is 2.25. The molecule has 33 heavy (non-hydrogen) atoms. The zero-order chi connectivity index (χ0) is 24.0. The monoisotopic (exact) mass is 463 g/mol.